The lowest BCUT2D eigenvalue weighted by molar-refractivity contribution is -0.121. The van der Waals surface area contributed by atoms with Crippen LogP contribution in [0.25, 0.3) is 0 Å². The Balaban J connectivity index is 1.55. The Labute approximate surface area is 160 Å². The van der Waals surface area contributed by atoms with Crippen LogP contribution < -0.4 is 21.3 Å². The molecule has 7 heteroatoms. The molecule has 0 heterocycles. The maximum atomic E-state index is 11.9. The molecule has 0 spiro atoms. The molecule has 0 bridgehead atoms. The second-order valence-corrected chi connectivity index (χ2v) is 6.99. The predicted molar refractivity (Wildman–Crippen MR) is 105 cm³/mol. The number of anilines is 1. The number of nitrogens with one attached hydrogen (secondary N) is 4. The first-order chi connectivity index (χ1) is 13.0. The van der Waals surface area contributed by atoms with Crippen molar-refractivity contribution >= 4 is 23.5 Å². The van der Waals surface area contributed by atoms with Crippen LogP contribution in [0.15, 0.2) is 24.3 Å². The smallest absolute Gasteiger partial charge is 0.315 e. The highest BCUT2D eigenvalue weighted by Crippen LogP contribution is 2.17. The van der Waals surface area contributed by atoms with Crippen LogP contribution in [-0.2, 0) is 16.1 Å². The van der Waals surface area contributed by atoms with E-state index in [1.165, 1.54) is 26.2 Å². The Morgan fingerprint density at radius 1 is 1.00 bits per heavy atom. The molecule has 0 saturated heterocycles. The molecule has 0 aliphatic heterocycles. The van der Waals surface area contributed by atoms with Crippen LogP contribution in [0, 0.1) is 0 Å². The van der Waals surface area contributed by atoms with E-state index in [1.54, 1.807) is 12.1 Å². The third kappa shape index (κ3) is 8.57. The lowest BCUT2D eigenvalue weighted by Gasteiger charge is -2.22. The first-order valence-electron chi connectivity index (χ1n) is 9.70. The number of benzene rings is 1. The molecule has 0 atom stereocenters. The van der Waals surface area contributed by atoms with Crippen molar-refractivity contribution in [3.05, 3.63) is 29.8 Å². The number of carbonyl (C=O) groups is 3. The van der Waals surface area contributed by atoms with E-state index in [-0.39, 0.29) is 17.8 Å². The summed E-state index contributed by atoms with van der Waals surface area (Å²) in [5.74, 6) is -0.160. The van der Waals surface area contributed by atoms with E-state index in [0.717, 1.165) is 24.1 Å². The Morgan fingerprint density at radius 2 is 1.70 bits per heavy atom. The Hall–Kier alpha value is -2.57. The highest BCUT2D eigenvalue weighted by Gasteiger charge is 2.15. The largest absolute Gasteiger partial charge is 0.352 e. The van der Waals surface area contributed by atoms with E-state index in [9.17, 15) is 14.4 Å². The van der Waals surface area contributed by atoms with Gasteiger partial charge in [-0.3, -0.25) is 9.59 Å². The third-order valence-electron chi connectivity index (χ3n) is 4.57. The third-order valence-corrected chi connectivity index (χ3v) is 4.57. The monoisotopic (exact) mass is 374 g/mol. The van der Waals surface area contributed by atoms with Crippen LogP contribution in [0.5, 0.6) is 0 Å². The molecule has 1 saturated carbocycles. The highest BCUT2D eigenvalue weighted by atomic mass is 16.2. The number of hydrogen-bond acceptors (Lipinski definition) is 3. The van der Waals surface area contributed by atoms with Crippen molar-refractivity contribution in [1.82, 2.24) is 16.0 Å². The molecule has 1 aromatic carbocycles. The van der Waals surface area contributed by atoms with Gasteiger partial charge in [0.05, 0.1) is 0 Å². The molecule has 2 rings (SSSR count). The molecular weight excluding hydrogens is 344 g/mol. The molecule has 0 unspecified atom stereocenters. The van der Waals surface area contributed by atoms with Gasteiger partial charge >= 0.3 is 6.03 Å². The van der Waals surface area contributed by atoms with Gasteiger partial charge in [0, 0.05) is 38.2 Å². The second kappa shape index (κ2) is 11.2. The van der Waals surface area contributed by atoms with E-state index < -0.39 is 0 Å². The molecular formula is C20H30N4O3. The van der Waals surface area contributed by atoms with E-state index in [1.807, 2.05) is 12.1 Å². The maximum Gasteiger partial charge on any atom is 0.315 e. The van der Waals surface area contributed by atoms with Crippen LogP contribution in [0.3, 0.4) is 0 Å². The van der Waals surface area contributed by atoms with E-state index in [0.29, 0.717) is 32.0 Å². The van der Waals surface area contributed by atoms with Gasteiger partial charge in [0.15, 0.2) is 0 Å². The normalized spacial score (nSPS) is 14.3. The van der Waals surface area contributed by atoms with Gasteiger partial charge in [-0.15, -0.1) is 0 Å². The van der Waals surface area contributed by atoms with Crippen molar-refractivity contribution in [2.45, 2.75) is 64.5 Å². The fourth-order valence-corrected chi connectivity index (χ4v) is 3.13. The molecule has 148 valence electrons. The number of rotatable bonds is 8. The zero-order valence-electron chi connectivity index (χ0n) is 16.0. The molecule has 4 N–H and O–H groups in total. The first-order valence-corrected chi connectivity index (χ1v) is 9.70. The summed E-state index contributed by atoms with van der Waals surface area (Å²) >= 11 is 0. The summed E-state index contributed by atoms with van der Waals surface area (Å²) in [4.78, 5) is 34.7. The van der Waals surface area contributed by atoms with Crippen molar-refractivity contribution in [3.8, 4) is 0 Å². The van der Waals surface area contributed by atoms with Crippen LogP contribution in [-0.4, -0.2) is 30.4 Å². The number of carbonyl (C=O) groups excluding carboxylic acids is 3. The van der Waals surface area contributed by atoms with Crippen molar-refractivity contribution in [1.29, 1.82) is 0 Å². The summed E-state index contributed by atoms with van der Waals surface area (Å²) in [6.07, 6.45) is 6.71. The van der Waals surface area contributed by atoms with Gasteiger partial charge < -0.3 is 21.3 Å². The van der Waals surface area contributed by atoms with Crippen LogP contribution in [0.2, 0.25) is 0 Å². The maximum absolute atomic E-state index is 11.9. The summed E-state index contributed by atoms with van der Waals surface area (Å²) in [5.41, 5.74) is 1.69. The fraction of sp³-hybridized carbons (Fsp3) is 0.550. The molecule has 4 amide bonds. The van der Waals surface area contributed by atoms with Crippen LogP contribution >= 0.6 is 0 Å². The van der Waals surface area contributed by atoms with Crippen LogP contribution in [0.1, 0.15) is 57.4 Å². The average Bonchev–Trinajstić information content (AvgIpc) is 2.65. The number of hydrogen-bond donors (Lipinski definition) is 4. The van der Waals surface area contributed by atoms with Crippen LogP contribution in [0.4, 0.5) is 10.5 Å². The van der Waals surface area contributed by atoms with E-state index in [4.69, 9.17) is 0 Å². The number of amides is 4. The topological polar surface area (TPSA) is 99.3 Å². The van der Waals surface area contributed by atoms with E-state index in [2.05, 4.69) is 21.3 Å². The minimum atomic E-state index is -0.137. The zero-order valence-corrected chi connectivity index (χ0v) is 16.0. The predicted octanol–water partition coefficient (Wildman–Crippen LogP) is 2.67. The first kappa shape index (κ1) is 20.7. The molecule has 0 radical (unpaired) electrons. The van der Waals surface area contributed by atoms with E-state index >= 15 is 0 Å². The quantitative estimate of drug-likeness (QED) is 0.526. The minimum absolute atomic E-state index is 0.0459. The summed E-state index contributed by atoms with van der Waals surface area (Å²) in [7, 11) is 0. The summed E-state index contributed by atoms with van der Waals surface area (Å²) < 4.78 is 0. The molecule has 0 aromatic heterocycles. The molecule has 1 aliphatic rings. The molecule has 27 heavy (non-hydrogen) atoms. The molecule has 1 fully saturated rings. The van der Waals surface area contributed by atoms with Gasteiger partial charge in [-0.25, -0.2) is 4.79 Å². The van der Waals surface area contributed by atoms with Crippen molar-refractivity contribution in [3.63, 3.8) is 0 Å². The van der Waals surface area contributed by atoms with Gasteiger partial charge in [-0.1, -0.05) is 31.4 Å². The fourth-order valence-electron chi connectivity index (χ4n) is 3.13. The van der Waals surface area contributed by atoms with Gasteiger partial charge in [-0.2, -0.15) is 0 Å². The second-order valence-electron chi connectivity index (χ2n) is 6.99. The van der Waals surface area contributed by atoms with Crippen molar-refractivity contribution in [2.24, 2.45) is 0 Å². The summed E-state index contributed by atoms with van der Waals surface area (Å²) in [6, 6.07) is 7.49. The zero-order chi connectivity index (χ0) is 19.5. The lowest BCUT2D eigenvalue weighted by atomic mass is 9.96. The Morgan fingerprint density at radius 3 is 2.37 bits per heavy atom. The highest BCUT2D eigenvalue weighted by molar-refractivity contribution is 5.88. The number of urea groups is 1. The van der Waals surface area contributed by atoms with Gasteiger partial charge in [0.25, 0.3) is 0 Å². The van der Waals surface area contributed by atoms with Crippen molar-refractivity contribution in [2.75, 3.05) is 11.9 Å². The Bertz CT molecular complexity index is 625. The van der Waals surface area contributed by atoms with Gasteiger partial charge in [0.1, 0.15) is 0 Å². The minimum Gasteiger partial charge on any atom is -0.352 e. The molecule has 1 aliphatic carbocycles. The molecule has 1 aromatic rings. The van der Waals surface area contributed by atoms with Gasteiger partial charge in [-0.05, 0) is 37.0 Å². The summed E-state index contributed by atoms with van der Waals surface area (Å²) in [5, 5.41) is 11.4. The lowest BCUT2D eigenvalue weighted by Crippen LogP contribution is -2.43. The Kier molecular flexibility index (Phi) is 8.61. The molecule has 7 nitrogen and oxygen atoms in total. The standard InChI is InChI=1S/C20H30N4O3/c1-15(25)23-18-11-9-16(10-12-18)14-22-19(26)8-5-13-21-20(27)24-17-6-3-2-4-7-17/h9-12,17H,2-8,13-14H2,1H3,(H,22,26)(H,23,25)(H2,21,24,27). The van der Waals surface area contributed by atoms with Gasteiger partial charge in [0.2, 0.25) is 11.8 Å². The SMILES string of the molecule is CC(=O)Nc1ccc(CNC(=O)CCCNC(=O)NC2CCCCC2)cc1. The summed E-state index contributed by atoms with van der Waals surface area (Å²) in [6.45, 7) is 2.38. The average molecular weight is 374 g/mol. The van der Waals surface area contributed by atoms with Crippen molar-refractivity contribution < 1.29 is 14.4 Å².